The number of methoxy groups -OCH3 is 1. The van der Waals surface area contributed by atoms with E-state index in [9.17, 15) is 14.7 Å². The second kappa shape index (κ2) is 7.32. The average molecular weight is 370 g/mol. The molecule has 1 saturated heterocycles. The molecular formula is C18H14N2O5S. The molecule has 0 aliphatic carbocycles. The lowest BCUT2D eigenvalue weighted by Gasteiger charge is -2.01. The second-order valence-corrected chi connectivity index (χ2v) is 6.30. The Morgan fingerprint density at radius 1 is 1.27 bits per heavy atom. The summed E-state index contributed by atoms with van der Waals surface area (Å²) in [5.41, 5.74) is 0.861. The molecule has 0 unspecified atom stereocenters. The highest BCUT2D eigenvalue weighted by molar-refractivity contribution is 8.18. The fourth-order valence-electron chi connectivity index (χ4n) is 2.25. The van der Waals surface area contributed by atoms with E-state index in [-0.39, 0.29) is 17.2 Å². The molecule has 1 amide bonds. The van der Waals surface area contributed by atoms with Crippen LogP contribution in [-0.2, 0) is 4.79 Å². The number of phenols is 1. The smallest absolute Gasteiger partial charge is 0.339 e. The van der Waals surface area contributed by atoms with Gasteiger partial charge in [0.2, 0.25) is 0 Å². The number of carboxylic acids is 1. The molecule has 0 saturated carbocycles. The van der Waals surface area contributed by atoms with Gasteiger partial charge < -0.3 is 20.3 Å². The highest BCUT2D eigenvalue weighted by Gasteiger charge is 2.24. The molecule has 2 aromatic rings. The molecule has 8 heteroatoms. The summed E-state index contributed by atoms with van der Waals surface area (Å²) < 4.78 is 5.16. The molecule has 1 fully saturated rings. The predicted molar refractivity (Wildman–Crippen MR) is 98.9 cm³/mol. The van der Waals surface area contributed by atoms with Crippen molar-refractivity contribution in [2.45, 2.75) is 0 Å². The largest absolute Gasteiger partial charge is 0.507 e. The Kier molecular flexibility index (Phi) is 4.94. The van der Waals surface area contributed by atoms with Gasteiger partial charge in [-0.1, -0.05) is 12.1 Å². The summed E-state index contributed by atoms with van der Waals surface area (Å²) in [6.07, 6.45) is 1.71. The van der Waals surface area contributed by atoms with Crippen LogP contribution in [0.5, 0.6) is 11.5 Å². The van der Waals surface area contributed by atoms with Crippen LogP contribution in [0.15, 0.2) is 52.4 Å². The van der Waals surface area contributed by atoms with Crippen LogP contribution in [0.1, 0.15) is 15.9 Å². The van der Waals surface area contributed by atoms with Crippen molar-refractivity contribution in [1.29, 1.82) is 0 Å². The van der Waals surface area contributed by atoms with Crippen LogP contribution in [0.25, 0.3) is 6.08 Å². The second-order valence-electron chi connectivity index (χ2n) is 5.26. The van der Waals surface area contributed by atoms with Crippen molar-refractivity contribution in [1.82, 2.24) is 5.32 Å². The predicted octanol–water partition coefficient (Wildman–Crippen LogP) is 2.99. The number of rotatable bonds is 4. The molecule has 1 aliphatic rings. The summed E-state index contributed by atoms with van der Waals surface area (Å²) in [7, 11) is 1.57. The zero-order valence-corrected chi connectivity index (χ0v) is 14.4. The van der Waals surface area contributed by atoms with Crippen LogP contribution in [0, 0.1) is 0 Å². The molecule has 3 rings (SSSR count). The number of aromatic carboxylic acids is 1. The summed E-state index contributed by atoms with van der Waals surface area (Å²) in [5, 5.41) is 21.5. The number of nitrogens with one attached hydrogen (secondary N) is 1. The third-order valence-corrected chi connectivity index (χ3v) is 4.39. The van der Waals surface area contributed by atoms with E-state index in [0.29, 0.717) is 21.5 Å². The Morgan fingerprint density at radius 2 is 2.08 bits per heavy atom. The van der Waals surface area contributed by atoms with Crippen molar-refractivity contribution in [3.63, 3.8) is 0 Å². The fourth-order valence-corrected chi connectivity index (χ4v) is 3.09. The first-order valence-corrected chi connectivity index (χ1v) is 8.28. The van der Waals surface area contributed by atoms with Gasteiger partial charge in [-0.2, -0.15) is 0 Å². The Morgan fingerprint density at radius 3 is 2.81 bits per heavy atom. The lowest BCUT2D eigenvalue weighted by atomic mass is 10.2. The minimum Gasteiger partial charge on any atom is -0.507 e. The number of hydrogen-bond donors (Lipinski definition) is 3. The summed E-state index contributed by atoms with van der Waals surface area (Å²) in [5.74, 6) is -1.22. The molecular weight excluding hydrogens is 356 g/mol. The molecule has 0 atom stereocenters. The van der Waals surface area contributed by atoms with Gasteiger partial charge >= 0.3 is 5.97 Å². The molecule has 26 heavy (non-hydrogen) atoms. The third-order valence-electron chi connectivity index (χ3n) is 3.48. The Labute approximate surface area is 153 Å². The third kappa shape index (κ3) is 3.86. The number of nitrogens with zero attached hydrogens (tertiary/aromatic N) is 1. The van der Waals surface area contributed by atoms with E-state index in [2.05, 4.69) is 10.3 Å². The normalized spacial score (nSPS) is 16.7. The number of amides is 1. The van der Waals surface area contributed by atoms with Gasteiger partial charge in [0, 0.05) is 0 Å². The van der Waals surface area contributed by atoms with Crippen LogP contribution in [-0.4, -0.2) is 34.4 Å². The number of ether oxygens (including phenoxy) is 1. The molecule has 0 spiro atoms. The maximum absolute atomic E-state index is 12.1. The zero-order valence-electron chi connectivity index (χ0n) is 13.6. The summed E-state index contributed by atoms with van der Waals surface area (Å²) in [6, 6.07) is 11.2. The molecule has 1 aliphatic heterocycles. The lowest BCUT2D eigenvalue weighted by molar-refractivity contribution is -0.115. The quantitative estimate of drug-likeness (QED) is 0.714. The van der Waals surface area contributed by atoms with Crippen molar-refractivity contribution in [2.24, 2.45) is 4.99 Å². The fraction of sp³-hybridized carbons (Fsp3) is 0.0556. The van der Waals surface area contributed by atoms with Crippen molar-refractivity contribution < 1.29 is 24.5 Å². The lowest BCUT2D eigenvalue weighted by Crippen LogP contribution is -2.19. The molecule has 1 heterocycles. The topological polar surface area (TPSA) is 108 Å². The number of aromatic hydroxyl groups is 1. The first kappa shape index (κ1) is 17.6. The molecule has 132 valence electrons. The molecule has 3 N–H and O–H groups in total. The first-order chi connectivity index (χ1) is 12.5. The van der Waals surface area contributed by atoms with Gasteiger partial charge in [0.1, 0.15) is 17.1 Å². The highest BCUT2D eigenvalue weighted by atomic mass is 32.2. The number of thioether (sulfide) groups is 1. The maximum Gasteiger partial charge on any atom is 0.339 e. The van der Waals surface area contributed by atoms with Gasteiger partial charge in [0.05, 0.1) is 17.7 Å². The number of carboxylic acid groups (broad SMARTS) is 1. The number of aliphatic imine (C=N–C) groups is 1. The summed E-state index contributed by atoms with van der Waals surface area (Å²) in [6.45, 7) is 0. The molecule has 0 aromatic heterocycles. The number of carbonyl (C=O) groups is 2. The standard InChI is InChI=1S/C18H14N2O5S/c1-25-12-4-2-3-10(7-12)8-15-16(22)20-18(26-15)19-11-5-6-14(21)13(9-11)17(23)24/h2-9,21H,1H3,(H,23,24)(H,19,20,22)/b15-8-. The van der Waals surface area contributed by atoms with E-state index in [1.54, 1.807) is 19.3 Å². The van der Waals surface area contributed by atoms with Crippen LogP contribution in [0.2, 0.25) is 0 Å². The van der Waals surface area contributed by atoms with E-state index >= 15 is 0 Å². The van der Waals surface area contributed by atoms with E-state index in [4.69, 9.17) is 9.84 Å². The van der Waals surface area contributed by atoms with Crippen LogP contribution in [0.4, 0.5) is 5.69 Å². The number of carbonyl (C=O) groups excluding carboxylic acids is 1. The van der Waals surface area contributed by atoms with Crippen LogP contribution in [0.3, 0.4) is 0 Å². The molecule has 7 nitrogen and oxygen atoms in total. The molecule has 0 bridgehead atoms. The van der Waals surface area contributed by atoms with Gasteiger partial charge in [-0.05, 0) is 53.7 Å². The van der Waals surface area contributed by atoms with Crippen molar-refractivity contribution in [2.75, 3.05) is 7.11 Å². The minimum atomic E-state index is -1.26. The molecule has 0 radical (unpaired) electrons. The number of amidine groups is 1. The van der Waals surface area contributed by atoms with E-state index in [1.165, 1.54) is 18.2 Å². The minimum absolute atomic E-state index is 0.256. The van der Waals surface area contributed by atoms with Gasteiger partial charge in [0.15, 0.2) is 5.17 Å². The van der Waals surface area contributed by atoms with Gasteiger partial charge in [-0.25, -0.2) is 9.79 Å². The zero-order chi connectivity index (χ0) is 18.7. The Bertz CT molecular complexity index is 952. The van der Waals surface area contributed by atoms with Crippen LogP contribution >= 0.6 is 11.8 Å². The van der Waals surface area contributed by atoms with Crippen molar-refractivity contribution >= 4 is 40.6 Å². The SMILES string of the molecule is COc1cccc(/C=C2\SC(=Nc3ccc(O)c(C(=O)O)c3)NC2=O)c1. The van der Waals surface area contributed by atoms with Crippen molar-refractivity contribution in [3.05, 3.63) is 58.5 Å². The maximum atomic E-state index is 12.1. The van der Waals surface area contributed by atoms with E-state index < -0.39 is 5.97 Å². The first-order valence-electron chi connectivity index (χ1n) is 7.46. The van der Waals surface area contributed by atoms with E-state index in [0.717, 1.165) is 17.3 Å². The summed E-state index contributed by atoms with van der Waals surface area (Å²) in [4.78, 5) is 27.9. The average Bonchev–Trinajstić information content (AvgIpc) is 2.95. The van der Waals surface area contributed by atoms with Crippen LogP contribution < -0.4 is 10.1 Å². The van der Waals surface area contributed by atoms with Crippen molar-refractivity contribution in [3.8, 4) is 11.5 Å². The Hall–Kier alpha value is -3.26. The summed E-state index contributed by atoms with van der Waals surface area (Å²) >= 11 is 1.14. The van der Waals surface area contributed by atoms with E-state index in [1.807, 2.05) is 18.2 Å². The monoisotopic (exact) mass is 370 g/mol. The Balaban J connectivity index is 1.85. The molecule has 2 aromatic carbocycles. The highest BCUT2D eigenvalue weighted by Crippen LogP contribution is 2.30. The number of benzene rings is 2. The van der Waals surface area contributed by atoms with Gasteiger partial charge in [-0.3, -0.25) is 4.79 Å². The van der Waals surface area contributed by atoms with Gasteiger partial charge in [-0.15, -0.1) is 0 Å². The van der Waals surface area contributed by atoms with Gasteiger partial charge in [0.25, 0.3) is 5.91 Å². The number of hydrogen-bond acceptors (Lipinski definition) is 6.